The van der Waals surface area contributed by atoms with E-state index in [0.717, 1.165) is 27.6 Å². The molecule has 6 heteroatoms. The Labute approximate surface area is 168 Å². The number of carbonyl (C=O) groups is 2. The summed E-state index contributed by atoms with van der Waals surface area (Å²) in [6.45, 7) is 3.37. The van der Waals surface area contributed by atoms with Gasteiger partial charge in [-0.15, -0.1) is 0 Å². The molecule has 0 fully saturated rings. The highest BCUT2D eigenvalue weighted by Crippen LogP contribution is 2.27. The molecule has 1 aromatic heterocycles. The monoisotopic (exact) mass is 394 g/mol. The minimum Gasteiger partial charge on any atom is -0.452 e. The smallest absolute Gasteiger partial charge is 0.331 e. The highest BCUT2D eigenvalue weighted by Gasteiger charge is 2.11. The fraction of sp³-hybridized carbons (Fsp3) is 0.136. The van der Waals surface area contributed by atoms with Crippen LogP contribution in [0.25, 0.3) is 17.0 Å². The summed E-state index contributed by atoms with van der Waals surface area (Å²) in [5.41, 5.74) is 3.94. The van der Waals surface area contributed by atoms with E-state index in [0.29, 0.717) is 10.7 Å². The molecule has 1 amide bonds. The maximum Gasteiger partial charge on any atom is 0.331 e. The molecule has 0 saturated carbocycles. The number of anilines is 1. The normalized spacial score (nSPS) is 11.0. The lowest BCUT2D eigenvalue weighted by Crippen LogP contribution is -2.20. The van der Waals surface area contributed by atoms with Gasteiger partial charge in [-0.25, -0.2) is 4.79 Å². The standard InChI is InChI=1S/C22H19ClN2O3/c1-14-11-15(2)21(18(23)12-14)25-19(26)13-28-20(27)9-8-17-6-3-5-16-7-4-10-24-22(16)17/h3-12H,13H2,1-2H3,(H,25,26). The van der Waals surface area contributed by atoms with Gasteiger partial charge < -0.3 is 10.1 Å². The second-order valence-corrected chi connectivity index (χ2v) is 6.76. The minimum absolute atomic E-state index is 0.402. The van der Waals surface area contributed by atoms with Crippen molar-refractivity contribution in [1.82, 2.24) is 4.98 Å². The van der Waals surface area contributed by atoms with Gasteiger partial charge in [0, 0.05) is 23.2 Å². The summed E-state index contributed by atoms with van der Waals surface area (Å²) >= 11 is 6.17. The highest BCUT2D eigenvalue weighted by atomic mass is 35.5. The van der Waals surface area contributed by atoms with Crippen LogP contribution in [0.5, 0.6) is 0 Å². The van der Waals surface area contributed by atoms with Crippen molar-refractivity contribution in [2.75, 3.05) is 11.9 Å². The van der Waals surface area contributed by atoms with E-state index in [1.807, 2.05) is 50.2 Å². The first-order valence-electron chi connectivity index (χ1n) is 8.69. The molecule has 0 aliphatic rings. The summed E-state index contributed by atoms with van der Waals surface area (Å²) in [4.78, 5) is 28.3. The average Bonchev–Trinajstić information content (AvgIpc) is 2.67. The number of aryl methyl sites for hydroxylation is 2. The maximum absolute atomic E-state index is 12.1. The van der Waals surface area contributed by atoms with Crippen molar-refractivity contribution in [2.45, 2.75) is 13.8 Å². The van der Waals surface area contributed by atoms with Gasteiger partial charge in [0.2, 0.25) is 0 Å². The number of nitrogens with one attached hydrogen (secondary N) is 1. The van der Waals surface area contributed by atoms with Crippen molar-refractivity contribution in [3.63, 3.8) is 0 Å². The molecule has 28 heavy (non-hydrogen) atoms. The highest BCUT2D eigenvalue weighted by molar-refractivity contribution is 6.34. The molecule has 1 N–H and O–H groups in total. The van der Waals surface area contributed by atoms with Gasteiger partial charge in [0.15, 0.2) is 6.61 Å². The fourth-order valence-corrected chi connectivity index (χ4v) is 3.22. The van der Waals surface area contributed by atoms with Crippen LogP contribution in [0.3, 0.4) is 0 Å². The lowest BCUT2D eigenvalue weighted by molar-refractivity contribution is -0.142. The topological polar surface area (TPSA) is 68.3 Å². The van der Waals surface area contributed by atoms with E-state index in [1.165, 1.54) is 6.08 Å². The molecule has 0 bridgehead atoms. The zero-order valence-corrected chi connectivity index (χ0v) is 16.3. The summed E-state index contributed by atoms with van der Waals surface area (Å²) in [7, 11) is 0. The van der Waals surface area contributed by atoms with Crippen LogP contribution < -0.4 is 5.32 Å². The third kappa shape index (κ3) is 4.75. The Kier molecular flexibility index (Phi) is 6.06. The van der Waals surface area contributed by atoms with Gasteiger partial charge in [-0.05, 0) is 43.2 Å². The van der Waals surface area contributed by atoms with Gasteiger partial charge in [0.05, 0.1) is 16.2 Å². The Morgan fingerprint density at radius 3 is 2.75 bits per heavy atom. The molecular formula is C22H19ClN2O3. The molecule has 0 unspecified atom stereocenters. The molecule has 0 aliphatic carbocycles. The number of nitrogens with zero attached hydrogens (tertiary/aromatic N) is 1. The van der Waals surface area contributed by atoms with Crippen LogP contribution in [0.2, 0.25) is 5.02 Å². The van der Waals surface area contributed by atoms with E-state index >= 15 is 0 Å². The van der Waals surface area contributed by atoms with Crippen molar-refractivity contribution in [3.05, 3.63) is 76.5 Å². The second-order valence-electron chi connectivity index (χ2n) is 6.35. The maximum atomic E-state index is 12.1. The molecule has 0 radical (unpaired) electrons. The SMILES string of the molecule is Cc1cc(C)c(NC(=O)COC(=O)C=Cc2cccc3cccnc23)c(Cl)c1. The molecular weight excluding hydrogens is 376 g/mol. The number of esters is 1. The molecule has 0 atom stereocenters. The zero-order chi connectivity index (χ0) is 20.1. The Bertz CT molecular complexity index is 1050. The number of amides is 1. The van der Waals surface area contributed by atoms with E-state index in [1.54, 1.807) is 18.3 Å². The molecule has 5 nitrogen and oxygen atoms in total. The van der Waals surface area contributed by atoms with E-state index in [-0.39, 0.29) is 0 Å². The van der Waals surface area contributed by atoms with Gasteiger partial charge in [-0.3, -0.25) is 9.78 Å². The summed E-state index contributed by atoms with van der Waals surface area (Å²) in [6.07, 6.45) is 4.60. The molecule has 3 rings (SSSR count). The summed E-state index contributed by atoms with van der Waals surface area (Å²) in [5, 5.41) is 4.10. The number of ether oxygens (including phenoxy) is 1. The lowest BCUT2D eigenvalue weighted by atomic mass is 10.1. The predicted octanol–water partition coefficient (Wildman–Crippen LogP) is 4.70. The number of benzene rings is 2. The molecule has 3 aromatic rings. The Hall–Kier alpha value is -3.18. The number of hydrogen-bond acceptors (Lipinski definition) is 4. The molecule has 142 valence electrons. The first-order valence-corrected chi connectivity index (χ1v) is 9.07. The van der Waals surface area contributed by atoms with E-state index in [4.69, 9.17) is 16.3 Å². The third-order valence-corrected chi connectivity index (χ3v) is 4.40. The fourth-order valence-electron chi connectivity index (χ4n) is 2.85. The largest absolute Gasteiger partial charge is 0.452 e. The molecule has 0 aliphatic heterocycles. The molecule has 0 spiro atoms. The predicted molar refractivity (Wildman–Crippen MR) is 111 cm³/mol. The van der Waals surface area contributed by atoms with Crippen LogP contribution >= 0.6 is 11.6 Å². The van der Waals surface area contributed by atoms with Gasteiger partial charge >= 0.3 is 5.97 Å². The number of aromatic nitrogens is 1. The van der Waals surface area contributed by atoms with Crippen LogP contribution in [0, 0.1) is 13.8 Å². The van der Waals surface area contributed by atoms with Crippen LogP contribution in [-0.4, -0.2) is 23.5 Å². The second kappa shape index (κ2) is 8.67. The molecule has 2 aromatic carbocycles. The van der Waals surface area contributed by atoms with Crippen LogP contribution in [0.15, 0.2) is 54.7 Å². The number of para-hydroxylation sites is 1. The Morgan fingerprint density at radius 1 is 1.18 bits per heavy atom. The first kappa shape index (κ1) is 19.6. The number of carbonyl (C=O) groups excluding carboxylic acids is 2. The summed E-state index contributed by atoms with van der Waals surface area (Å²) < 4.78 is 5.01. The Morgan fingerprint density at radius 2 is 1.96 bits per heavy atom. The van der Waals surface area contributed by atoms with E-state index in [9.17, 15) is 9.59 Å². The number of pyridine rings is 1. The average molecular weight is 395 g/mol. The van der Waals surface area contributed by atoms with Gasteiger partial charge in [0.25, 0.3) is 5.91 Å². The third-order valence-electron chi connectivity index (χ3n) is 4.10. The van der Waals surface area contributed by atoms with Crippen molar-refractivity contribution < 1.29 is 14.3 Å². The molecule has 0 saturated heterocycles. The lowest BCUT2D eigenvalue weighted by Gasteiger charge is -2.11. The zero-order valence-electron chi connectivity index (χ0n) is 15.5. The number of hydrogen-bond donors (Lipinski definition) is 1. The van der Waals surface area contributed by atoms with Crippen LogP contribution in [-0.2, 0) is 14.3 Å². The molecule has 1 heterocycles. The number of fused-ring (bicyclic) bond motifs is 1. The van der Waals surface area contributed by atoms with Gasteiger partial charge in [-0.2, -0.15) is 0 Å². The van der Waals surface area contributed by atoms with Crippen LogP contribution in [0.4, 0.5) is 5.69 Å². The summed E-state index contributed by atoms with van der Waals surface area (Å²) in [6, 6.07) is 13.2. The van der Waals surface area contributed by atoms with Crippen LogP contribution in [0.1, 0.15) is 16.7 Å². The van der Waals surface area contributed by atoms with Crippen molar-refractivity contribution in [2.24, 2.45) is 0 Å². The van der Waals surface area contributed by atoms with E-state index < -0.39 is 18.5 Å². The van der Waals surface area contributed by atoms with Gasteiger partial charge in [0.1, 0.15) is 0 Å². The van der Waals surface area contributed by atoms with Gasteiger partial charge in [-0.1, -0.05) is 41.9 Å². The number of rotatable bonds is 5. The van der Waals surface area contributed by atoms with Crippen molar-refractivity contribution >= 4 is 46.1 Å². The minimum atomic E-state index is -0.616. The van der Waals surface area contributed by atoms with E-state index in [2.05, 4.69) is 10.3 Å². The first-order chi connectivity index (χ1) is 13.4. The van der Waals surface area contributed by atoms with Crippen molar-refractivity contribution in [1.29, 1.82) is 0 Å². The number of halogens is 1. The van der Waals surface area contributed by atoms with Crippen molar-refractivity contribution in [3.8, 4) is 0 Å². The quantitative estimate of drug-likeness (QED) is 0.503. The Balaban J connectivity index is 1.60. The summed E-state index contributed by atoms with van der Waals surface area (Å²) in [5.74, 6) is -1.07.